The molecule has 0 saturated heterocycles. The van der Waals surface area contributed by atoms with Crippen LogP contribution in [0.25, 0.3) is 0 Å². The van der Waals surface area contributed by atoms with Crippen molar-refractivity contribution < 1.29 is 18.3 Å². The van der Waals surface area contributed by atoms with Crippen LogP contribution < -0.4 is 10.3 Å². The number of pyridine rings is 1. The zero-order valence-corrected chi connectivity index (χ0v) is 10.0. The van der Waals surface area contributed by atoms with E-state index >= 15 is 0 Å². The highest BCUT2D eigenvalue weighted by atomic mass is 32.2. The van der Waals surface area contributed by atoms with Crippen LogP contribution >= 0.6 is 0 Å². The van der Waals surface area contributed by atoms with E-state index in [2.05, 4.69) is 14.4 Å². The summed E-state index contributed by atoms with van der Waals surface area (Å²) in [4.78, 5) is 13.0. The molecule has 0 amide bonds. The van der Waals surface area contributed by atoms with Crippen molar-refractivity contribution in [1.82, 2.24) is 9.71 Å². The normalized spacial score (nSPS) is 13.5. The van der Waals surface area contributed by atoms with Crippen LogP contribution in [0.3, 0.4) is 0 Å². The van der Waals surface area contributed by atoms with E-state index in [4.69, 9.17) is 0 Å². The number of nitrogens with one attached hydrogen (secondary N) is 2. The van der Waals surface area contributed by atoms with Gasteiger partial charge in [0.1, 0.15) is 0 Å². The Morgan fingerprint density at radius 1 is 1.53 bits per heavy atom. The van der Waals surface area contributed by atoms with E-state index in [1.165, 1.54) is 13.2 Å². The molecule has 0 fully saturated rings. The molecule has 0 aliphatic rings. The van der Waals surface area contributed by atoms with E-state index in [1.54, 1.807) is 0 Å². The number of ether oxygens (including phenoxy) is 1. The summed E-state index contributed by atoms with van der Waals surface area (Å²) in [6.07, 6.45) is 0.172. The summed E-state index contributed by atoms with van der Waals surface area (Å²) >= 11 is 0. The molecule has 8 heteroatoms. The van der Waals surface area contributed by atoms with Gasteiger partial charge in [-0.05, 0) is 6.07 Å². The predicted octanol–water partition coefficient (Wildman–Crippen LogP) is -1.34. The number of sulfonamides is 1. The molecule has 0 saturated carbocycles. The average Bonchev–Trinajstić information content (AvgIpc) is 2.28. The Morgan fingerprint density at radius 3 is 2.76 bits per heavy atom. The maximum absolute atomic E-state index is 11.7. The molecule has 0 aliphatic heterocycles. The van der Waals surface area contributed by atoms with Crippen LogP contribution in [0.4, 0.5) is 0 Å². The first kappa shape index (κ1) is 13.8. The lowest BCUT2D eigenvalue weighted by atomic mass is 10.4. The third kappa shape index (κ3) is 4.27. The van der Waals surface area contributed by atoms with Gasteiger partial charge in [0.2, 0.25) is 15.6 Å². The van der Waals surface area contributed by atoms with Gasteiger partial charge in [-0.15, -0.1) is 0 Å². The minimum atomic E-state index is -3.73. The first-order valence-electron chi connectivity index (χ1n) is 4.81. The number of aliphatic hydroxyl groups is 1. The fourth-order valence-corrected chi connectivity index (χ4v) is 2.14. The average molecular weight is 262 g/mol. The van der Waals surface area contributed by atoms with E-state index in [0.717, 1.165) is 12.3 Å². The van der Waals surface area contributed by atoms with Gasteiger partial charge in [-0.25, -0.2) is 13.1 Å². The summed E-state index contributed by atoms with van der Waals surface area (Å²) in [6.45, 7) is -0.122. The molecule has 0 aliphatic carbocycles. The summed E-state index contributed by atoms with van der Waals surface area (Å²) < 4.78 is 30.2. The summed E-state index contributed by atoms with van der Waals surface area (Å²) in [7, 11) is -2.32. The van der Waals surface area contributed by atoms with Crippen molar-refractivity contribution in [3.63, 3.8) is 0 Å². The lowest BCUT2D eigenvalue weighted by Gasteiger charge is -2.10. The van der Waals surface area contributed by atoms with Gasteiger partial charge in [-0.1, -0.05) is 0 Å². The number of aromatic nitrogens is 1. The van der Waals surface area contributed by atoms with Gasteiger partial charge in [0.05, 0.1) is 17.6 Å². The lowest BCUT2D eigenvalue weighted by Crippen LogP contribution is -2.34. The highest BCUT2D eigenvalue weighted by Crippen LogP contribution is 2.03. The second kappa shape index (κ2) is 5.92. The van der Waals surface area contributed by atoms with Crippen molar-refractivity contribution in [3.8, 4) is 0 Å². The number of hydrogen-bond acceptors (Lipinski definition) is 5. The molecule has 0 spiro atoms. The van der Waals surface area contributed by atoms with Crippen LogP contribution in [0, 0.1) is 0 Å². The third-order valence-corrected chi connectivity index (χ3v) is 3.36. The fraction of sp³-hybridized carbons (Fsp3) is 0.444. The molecule has 0 aromatic carbocycles. The molecule has 7 nitrogen and oxygen atoms in total. The molecule has 1 atom stereocenters. The maximum Gasteiger partial charge on any atom is 0.247 e. The Hall–Kier alpha value is -1.22. The van der Waals surface area contributed by atoms with Gasteiger partial charge in [0.25, 0.3) is 0 Å². The van der Waals surface area contributed by atoms with Gasteiger partial charge in [0, 0.05) is 25.9 Å². The van der Waals surface area contributed by atoms with E-state index in [-0.39, 0.29) is 23.6 Å². The molecule has 3 N–H and O–H groups in total. The summed E-state index contributed by atoms with van der Waals surface area (Å²) in [5.74, 6) is 0. The van der Waals surface area contributed by atoms with Crippen LogP contribution in [-0.4, -0.2) is 44.9 Å². The topological polar surface area (TPSA) is 108 Å². The van der Waals surface area contributed by atoms with E-state index in [9.17, 15) is 18.3 Å². The highest BCUT2D eigenvalue weighted by Gasteiger charge is 2.15. The Kier molecular flexibility index (Phi) is 4.82. The lowest BCUT2D eigenvalue weighted by molar-refractivity contribution is 0.0679. The Labute approximate surface area is 98.5 Å². The Bertz CT molecular complexity index is 490. The molecular formula is C9H14N2O5S. The van der Waals surface area contributed by atoms with Crippen LogP contribution in [-0.2, 0) is 14.8 Å². The Balaban J connectivity index is 2.69. The zero-order valence-electron chi connectivity index (χ0n) is 9.21. The molecule has 1 unspecified atom stereocenters. The summed E-state index contributed by atoms with van der Waals surface area (Å²) in [5.41, 5.74) is -0.386. The van der Waals surface area contributed by atoms with Crippen molar-refractivity contribution in [2.24, 2.45) is 0 Å². The number of aliphatic hydroxyl groups excluding tert-OH is 1. The van der Waals surface area contributed by atoms with Gasteiger partial charge in [-0.3, -0.25) is 4.79 Å². The van der Waals surface area contributed by atoms with E-state index in [1.807, 2.05) is 0 Å². The van der Waals surface area contributed by atoms with Gasteiger partial charge >= 0.3 is 0 Å². The number of aromatic amines is 1. The second-order valence-electron chi connectivity index (χ2n) is 3.35. The zero-order chi connectivity index (χ0) is 12.9. The molecule has 96 valence electrons. The number of H-pyrrole nitrogens is 1. The van der Waals surface area contributed by atoms with Crippen molar-refractivity contribution in [1.29, 1.82) is 0 Å². The number of rotatable bonds is 6. The number of hydrogen-bond donors (Lipinski definition) is 3. The molecule has 0 radical (unpaired) electrons. The molecular weight excluding hydrogens is 248 g/mol. The van der Waals surface area contributed by atoms with Crippen molar-refractivity contribution in [2.45, 2.75) is 11.0 Å². The standard InChI is InChI=1S/C9H14N2O5S/c1-16-6-7(12)4-11-17(14,15)8-2-3-9(13)10-5-8/h2-3,5,7,11-12H,4,6H2,1H3,(H,10,13). The van der Waals surface area contributed by atoms with Crippen LogP contribution in [0.1, 0.15) is 0 Å². The molecule has 1 aromatic rings. The first-order chi connectivity index (χ1) is 7.95. The molecule has 17 heavy (non-hydrogen) atoms. The van der Waals surface area contributed by atoms with Gasteiger partial charge in [-0.2, -0.15) is 0 Å². The third-order valence-electron chi connectivity index (χ3n) is 1.93. The van der Waals surface area contributed by atoms with Gasteiger partial charge < -0.3 is 14.8 Å². The second-order valence-corrected chi connectivity index (χ2v) is 5.12. The predicted molar refractivity (Wildman–Crippen MR) is 60.1 cm³/mol. The molecule has 1 aromatic heterocycles. The molecule has 0 bridgehead atoms. The quantitative estimate of drug-likeness (QED) is 0.588. The van der Waals surface area contributed by atoms with Crippen molar-refractivity contribution in [2.75, 3.05) is 20.3 Å². The SMILES string of the molecule is COCC(O)CNS(=O)(=O)c1ccc(=O)[nH]c1. The highest BCUT2D eigenvalue weighted by molar-refractivity contribution is 7.89. The molecule has 1 heterocycles. The van der Waals surface area contributed by atoms with Gasteiger partial charge in [0.15, 0.2) is 0 Å². The number of methoxy groups -OCH3 is 1. The maximum atomic E-state index is 11.7. The van der Waals surface area contributed by atoms with Crippen molar-refractivity contribution >= 4 is 10.0 Å². The van der Waals surface area contributed by atoms with Crippen LogP contribution in [0.15, 0.2) is 28.0 Å². The van der Waals surface area contributed by atoms with Crippen molar-refractivity contribution in [3.05, 3.63) is 28.7 Å². The largest absolute Gasteiger partial charge is 0.389 e. The minimum Gasteiger partial charge on any atom is -0.389 e. The molecule has 1 rings (SSSR count). The van der Waals surface area contributed by atoms with E-state index in [0.29, 0.717) is 0 Å². The minimum absolute atomic E-state index is 0.0359. The summed E-state index contributed by atoms with van der Waals surface area (Å²) in [5, 5.41) is 9.29. The van der Waals surface area contributed by atoms with Crippen LogP contribution in [0.2, 0.25) is 0 Å². The van der Waals surface area contributed by atoms with E-state index < -0.39 is 16.1 Å². The Morgan fingerprint density at radius 2 is 2.24 bits per heavy atom. The fourth-order valence-electron chi connectivity index (χ4n) is 1.10. The monoisotopic (exact) mass is 262 g/mol. The van der Waals surface area contributed by atoms with Crippen LogP contribution in [0.5, 0.6) is 0 Å². The smallest absolute Gasteiger partial charge is 0.247 e. The first-order valence-corrected chi connectivity index (χ1v) is 6.29. The summed E-state index contributed by atoms with van der Waals surface area (Å²) in [6, 6.07) is 2.30.